The van der Waals surface area contributed by atoms with Crippen molar-refractivity contribution in [2.45, 2.75) is 20.3 Å². The Hall–Kier alpha value is -0.900. The first kappa shape index (κ1) is 12.2. The Balaban J connectivity index is 2.48. The highest BCUT2D eigenvalue weighted by Crippen LogP contribution is 2.21. The molecule has 0 N–H and O–H groups in total. The molecule has 0 saturated carbocycles. The molecule has 15 heavy (non-hydrogen) atoms. The van der Waals surface area contributed by atoms with Crippen LogP contribution in [0.4, 0.5) is 0 Å². The van der Waals surface area contributed by atoms with Gasteiger partial charge < -0.3 is 9.64 Å². The van der Waals surface area contributed by atoms with Gasteiger partial charge in [0.15, 0.2) is 0 Å². The van der Waals surface area contributed by atoms with E-state index >= 15 is 0 Å². The number of carbonyl (C=O) groups is 2. The molecule has 4 heteroatoms. The molecule has 0 aromatic heterocycles. The van der Waals surface area contributed by atoms with Gasteiger partial charge in [-0.15, -0.1) is 0 Å². The maximum absolute atomic E-state index is 11.7. The van der Waals surface area contributed by atoms with E-state index in [1.807, 2.05) is 13.8 Å². The molecule has 0 bridgehead atoms. The fourth-order valence-electron chi connectivity index (χ4n) is 1.85. The first-order chi connectivity index (χ1) is 7.06. The van der Waals surface area contributed by atoms with Crippen LogP contribution in [0, 0.1) is 11.8 Å². The zero-order chi connectivity index (χ0) is 11.4. The minimum atomic E-state index is -0.102. The molecule has 1 fully saturated rings. The van der Waals surface area contributed by atoms with E-state index in [9.17, 15) is 9.59 Å². The number of carbonyl (C=O) groups excluding carboxylic acids is 2. The molecule has 1 heterocycles. The molecule has 0 aromatic rings. The van der Waals surface area contributed by atoms with Gasteiger partial charge in [-0.25, -0.2) is 0 Å². The Morgan fingerprint density at radius 1 is 1.60 bits per heavy atom. The standard InChI is InChI=1S/C11H19NO3/c1-8(2)11(14)9-6-10(13)12(7-9)4-5-15-3/h8-9H,4-7H2,1-3H3. The Bertz CT molecular complexity index is 250. The van der Waals surface area contributed by atoms with Gasteiger partial charge in [-0.05, 0) is 0 Å². The van der Waals surface area contributed by atoms with Gasteiger partial charge in [-0.2, -0.15) is 0 Å². The molecular weight excluding hydrogens is 194 g/mol. The van der Waals surface area contributed by atoms with Crippen LogP contribution in [0.25, 0.3) is 0 Å². The summed E-state index contributed by atoms with van der Waals surface area (Å²) in [7, 11) is 1.61. The van der Waals surface area contributed by atoms with Gasteiger partial charge in [0.2, 0.25) is 5.91 Å². The molecule has 0 aliphatic carbocycles. The monoisotopic (exact) mass is 213 g/mol. The van der Waals surface area contributed by atoms with E-state index in [2.05, 4.69) is 0 Å². The molecular formula is C11H19NO3. The molecule has 4 nitrogen and oxygen atoms in total. The predicted octanol–water partition coefficient (Wildman–Crippen LogP) is 0.706. The summed E-state index contributed by atoms with van der Waals surface area (Å²) in [5, 5.41) is 0. The molecule has 1 atom stereocenters. The van der Waals surface area contributed by atoms with Gasteiger partial charge in [0.25, 0.3) is 0 Å². The maximum Gasteiger partial charge on any atom is 0.223 e. The third-order valence-electron chi connectivity index (χ3n) is 2.75. The van der Waals surface area contributed by atoms with Gasteiger partial charge in [0.05, 0.1) is 6.61 Å². The minimum Gasteiger partial charge on any atom is -0.383 e. The number of ether oxygens (including phenoxy) is 1. The van der Waals surface area contributed by atoms with Crippen molar-refractivity contribution in [2.24, 2.45) is 11.8 Å². The van der Waals surface area contributed by atoms with Crippen LogP contribution >= 0.6 is 0 Å². The van der Waals surface area contributed by atoms with Crippen LogP contribution in [-0.4, -0.2) is 43.4 Å². The van der Waals surface area contributed by atoms with Crippen LogP contribution in [0.1, 0.15) is 20.3 Å². The highest BCUT2D eigenvalue weighted by molar-refractivity contribution is 5.91. The minimum absolute atomic E-state index is 0.0187. The molecule has 1 aliphatic rings. The van der Waals surface area contributed by atoms with Gasteiger partial charge >= 0.3 is 0 Å². The first-order valence-electron chi connectivity index (χ1n) is 5.36. The number of hydrogen-bond acceptors (Lipinski definition) is 3. The van der Waals surface area contributed by atoms with Gasteiger partial charge in [0.1, 0.15) is 5.78 Å². The summed E-state index contributed by atoms with van der Waals surface area (Å²) in [5.41, 5.74) is 0. The second-order valence-electron chi connectivity index (χ2n) is 4.29. The van der Waals surface area contributed by atoms with Crippen molar-refractivity contribution in [3.63, 3.8) is 0 Å². The summed E-state index contributed by atoms with van der Waals surface area (Å²) in [4.78, 5) is 25.0. The molecule has 0 aromatic carbocycles. The molecule has 0 radical (unpaired) electrons. The van der Waals surface area contributed by atoms with E-state index in [-0.39, 0.29) is 23.5 Å². The van der Waals surface area contributed by atoms with Crippen molar-refractivity contribution in [1.29, 1.82) is 0 Å². The first-order valence-corrected chi connectivity index (χ1v) is 5.36. The van der Waals surface area contributed by atoms with Crippen molar-refractivity contribution >= 4 is 11.7 Å². The van der Waals surface area contributed by atoms with Gasteiger partial charge in [0, 0.05) is 38.5 Å². The van der Waals surface area contributed by atoms with Gasteiger partial charge in [-0.3, -0.25) is 9.59 Å². The Kier molecular flexibility index (Phi) is 4.27. The zero-order valence-electron chi connectivity index (χ0n) is 9.66. The molecule has 1 rings (SSSR count). The lowest BCUT2D eigenvalue weighted by Gasteiger charge is -2.16. The summed E-state index contributed by atoms with van der Waals surface area (Å²) < 4.78 is 4.92. The van der Waals surface area contributed by atoms with Crippen LogP contribution in [0.15, 0.2) is 0 Å². The van der Waals surface area contributed by atoms with E-state index in [1.165, 1.54) is 0 Å². The Morgan fingerprint density at radius 2 is 2.27 bits per heavy atom. The number of methoxy groups -OCH3 is 1. The summed E-state index contributed by atoms with van der Waals surface area (Å²) in [6, 6.07) is 0. The SMILES string of the molecule is COCCN1CC(C(=O)C(C)C)CC1=O. The second kappa shape index (κ2) is 5.26. The fourth-order valence-corrected chi connectivity index (χ4v) is 1.85. The number of likely N-dealkylation sites (tertiary alicyclic amines) is 1. The third-order valence-corrected chi connectivity index (χ3v) is 2.75. The van der Waals surface area contributed by atoms with Crippen molar-refractivity contribution in [2.75, 3.05) is 26.8 Å². The molecule has 86 valence electrons. The topological polar surface area (TPSA) is 46.6 Å². The number of rotatable bonds is 5. The molecule has 1 unspecified atom stereocenters. The second-order valence-corrected chi connectivity index (χ2v) is 4.29. The van der Waals surface area contributed by atoms with Crippen molar-refractivity contribution in [3.05, 3.63) is 0 Å². The average molecular weight is 213 g/mol. The normalized spacial score (nSPS) is 21.5. The lowest BCUT2D eigenvalue weighted by Crippen LogP contribution is -2.30. The highest BCUT2D eigenvalue weighted by Gasteiger charge is 2.34. The predicted molar refractivity (Wildman–Crippen MR) is 56.4 cm³/mol. The Labute approximate surface area is 90.6 Å². The highest BCUT2D eigenvalue weighted by atomic mass is 16.5. The summed E-state index contributed by atoms with van der Waals surface area (Å²) in [6.07, 6.45) is 0.376. The van der Waals surface area contributed by atoms with E-state index in [1.54, 1.807) is 12.0 Å². The molecule has 1 saturated heterocycles. The largest absolute Gasteiger partial charge is 0.383 e. The summed E-state index contributed by atoms with van der Waals surface area (Å²) in [6.45, 7) is 5.46. The van der Waals surface area contributed by atoms with Gasteiger partial charge in [-0.1, -0.05) is 13.8 Å². The zero-order valence-corrected chi connectivity index (χ0v) is 9.66. The number of Topliss-reactive ketones (excluding diaryl/α,β-unsaturated/α-hetero) is 1. The smallest absolute Gasteiger partial charge is 0.223 e. The van der Waals surface area contributed by atoms with E-state index < -0.39 is 0 Å². The summed E-state index contributed by atoms with van der Waals surface area (Å²) in [5.74, 6) is 0.189. The lowest BCUT2D eigenvalue weighted by molar-refractivity contribution is -0.129. The van der Waals surface area contributed by atoms with Crippen molar-refractivity contribution in [3.8, 4) is 0 Å². The molecule has 1 aliphatic heterocycles. The van der Waals surface area contributed by atoms with Crippen LogP contribution in [0.5, 0.6) is 0 Å². The van der Waals surface area contributed by atoms with E-state index in [0.29, 0.717) is 26.1 Å². The number of hydrogen-bond donors (Lipinski definition) is 0. The van der Waals surface area contributed by atoms with Crippen molar-refractivity contribution < 1.29 is 14.3 Å². The molecule has 1 amide bonds. The van der Waals surface area contributed by atoms with Crippen LogP contribution in [-0.2, 0) is 14.3 Å². The lowest BCUT2D eigenvalue weighted by atomic mass is 9.95. The van der Waals surface area contributed by atoms with Crippen molar-refractivity contribution in [1.82, 2.24) is 4.90 Å². The van der Waals surface area contributed by atoms with Crippen LogP contribution in [0.3, 0.4) is 0 Å². The average Bonchev–Trinajstić information content (AvgIpc) is 2.55. The Morgan fingerprint density at radius 3 is 2.80 bits per heavy atom. The number of nitrogens with zero attached hydrogens (tertiary/aromatic N) is 1. The number of ketones is 1. The maximum atomic E-state index is 11.7. The quantitative estimate of drug-likeness (QED) is 0.675. The van der Waals surface area contributed by atoms with Crippen LogP contribution < -0.4 is 0 Å². The fraction of sp³-hybridized carbons (Fsp3) is 0.818. The summed E-state index contributed by atoms with van der Waals surface area (Å²) >= 11 is 0. The molecule has 0 spiro atoms. The van der Waals surface area contributed by atoms with Crippen LogP contribution in [0.2, 0.25) is 0 Å². The number of amides is 1. The van der Waals surface area contributed by atoms with E-state index in [0.717, 1.165) is 0 Å². The van der Waals surface area contributed by atoms with E-state index in [4.69, 9.17) is 4.74 Å². The third kappa shape index (κ3) is 3.02.